The van der Waals surface area contributed by atoms with Gasteiger partial charge < -0.3 is 14.6 Å². The van der Waals surface area contributed by atoms with Crippen LogP contribution in [0.15, 0.2) is 55.1 Å². The molecule has 3 aromatic rings. The molecule has 4 rings (SSSR count). The number of fused-ring (bicyclic) bond motifs is 1. The van der Waals surface area contributed by atoms with Gasteiger partial charge in [-0.15, -0.1) is 0 Å². The van der Waals surface area contributed by atoms with Crippen LogP contribution in [0.25, 0.3) is 0 Å². The predicted octanol–water partition coefficient (Wildman–Crippen LogP) is 2.90. The Balaban J connectivity index is 1.62. The number of pyridine rings is 1. The first-order valence-electron chi connectivity index (χ1n) is 8.62. The second-order valence-corrected chi connectivity index (χ2v) is 6.50. The number of nitrogens with one attached hydrogen (secondary N) is 1. The quantitative estimate of drug-likeness (QED) is 0.787. The molecule has 0 fully saturated rings. The van der Waals surface area contributed by atoms with Gasteiger partial charge in [0.15, 0.2) is 0 Å². The molecule has 1 aliphatic rings. The van der Waals surface area contributed by atoms with Gasteiger partial charge in [-0.1, -0.05) is 18.2 Å². The summed E-state index contributed by atoms with van der Waals surface area (Å²) in [4.78, 5) is 26.6. The molecule has 1 amide bonds. The summed E-state index contributed by atoms with van der Waals surface area (Å²) in [6, 6.07) is 9.84. The number of nitrogens with zero attached hydrogens (tertiary/aromatic N) is 3. The van der Waals surface area contributed by atoms with Gasteiger partial charge in [-0.05, 0) is 36.6 Å². The lowest BCUT2D eigenvalue weighted by Crippen LogP contribution is -2.41. The normalized spacial score (nSPS) is 15.8. The number of ether oxygens (including phenoxy) is 1. The topological polar surface area (TPSA) is 71.1 Å². The molecule has 0 radical (unpaired) electrons. The maximum Gasteiger partial charge on any atom is 0.234 e. The van der Waals surface area contributed by atoms with Crippen LogP contribution in [0.3, 0.4) is 0 Å². The zero-order chi connectivity index (χ0) is 17.9. The number of para-hydroxylation sites is 1. The van der Waals surface area contributed by atoms with Crippen molar-refractivity contribution in [2.45, 2.75) is 19.9 Å². The molecule has 1 unspecified atom stereocenters. The fourth-order valence-electron chi connectivity index (χ4n) is 3.22. The van der Waals surface area contributed by atoms with Gasteiger partial charge in [0.05, 0.1) is 24.3 Å². The molecule has 132 valence electrons. The third-order valence-corrected chi connectivity index (χ3v) is 4.53. The zero-order valence-corrected chi connectivity index (χ0v) is 14.6. The Morgan fingerprint density at radius 1 is 1.35 bits per heavy atom. The van der Waals surface area contributed by atoms with Crippen molar-refractivity contribution in [3.8, 4) is 5.75 Å². The summed E-state index contributed by atoms with van der Waals surface area (Å²) in [5, 5.41) is 0. The van der Waals surface area contributed by atoms with E-state index in [-0.39, 0.29) is 11.8 Å². The first-order valence-corrected chi connectivity index (χ1v) is 8.62. The largest absolute Gasteiger partial charge is 0.492 e. The van der Waals surface area contributed by atoms with E-state index in [1.54, 1.807) is 29.7 Å². The molecule has 0 saturated heterocycles. The van der Waals surface area contributed by atoms with Gasteiger partial charge in [0.1, 0.15) is 18.2 Å². The van der Waals surface area contributed by atoms with Crippen LogP contribution in [0, 0.1) is 12.8 Å². The number of aryl methyl sites for hydroxylation is 1. The molecule has 1 N–H and O–H groups in total. The van der Waals surface area contributed by atoms with E-state index >= 15 is 0 Å². The summed E-state index contributed by atoms with van der Waals surface area (Å²) in [6.07, 6.45) is 7.60. The van der Waals surface area contributed by atoms with Gasteiger partial charge in [-0.2, -0.15) is 0 Å². The van der Waals surface area contributed by atoms with Gasteiger partial charge in [0.2, 0.25) is 5.91 Å². The number of carbonyl (C=O) groups excluding carboxylic acids is 1. The number of benzene rings is 1. The van der Waals surface area contributed by atoms with Crippen LogP contribution in [-0.2, 0) is 17.8 Å². The number of imidazole rings is 1. The molecule has 0 bridgehead atoms. The molecule has 0 saturated carbocycles. The van der Waals surface area contributed by atoms with Crippen molar-refractivity contribution in [1.82, 2.24) is 15.0 Å². The molecule has 6 nitrogen and oxygen atoms in total. The molecule has 0 spiro atoms. The van der Waals surface area contributed by atoms with E-state index in [2.05, 4.69) is 15.0 Å². The minimum Gasteiger partial charge on any atom is -0.492 e. The highest BCUT2D eigenvalue weighted by Crippen LogP contribution is 2.29. The molecule has 1 atom stereocenters. The lowest BCUT2D eigenvalue weighted by atomic mass is 9.95. The fraction of sp³-hybridized carbons (Fsp3) is 0.250. The summed E-state index contributed by atoms with van der Waals surface area (Å²) < 4.78 is 5.82. The average molecular weight is 348 g/mol. The average Bonchev–Trinajstić information content (AvgIpc) is 3.18. The summed E-state index contributed by atoms with van der Waals surface area (Å²) in [6.45, 7) is 2.71. The molecule has 2 aromatic heterocycles. The van der Waals surface area contributed by atoms with Gasteiger partial charge in [-0.25, -0.2) is 4.98 Å². The number of anilines is 1. The predicted molar refractivity (Wildman–Crippen MR) is 97.9 cm³/mol. The van der Waals surface area contributed by atoms with E-state index in [1.165, 1.54) is 0 Å². The van der Waals surface area contributed by atoms with Crippen LogP contribution in [-0.4, -0.2) is 27.5 Å². The van der Waals surface area contributed by atoms with Crippen molar-refractivity contribution in [1.29, 1.82) is 0 Å². The first-order chi connectivity index (χ1) is 12.7. The van der Waals surface area contributed by atoms with Crippen LogP contribution in [0.4, 0.5) is 5.69 Å². The van der Waals surface area contributed by atoms with Crippen LogP contribution < -0.4 is 9.64 Å². The molecule has 26 heavy (non-hydrogen) atoms. The minimum atomic E-state index is -0.236. The van der Waals surface area contributed by atoms with Gasteiger partial charge >= 0.3 is 0 Å². The molecule has 6 heteroatoms. The van der Waals surface area contributed by atoms with E-state index < -0.39 is 0 Å². The van der Waals surface area contributed by atoms with Crippen molar-refractivity contribution in [2.75, 3.05) is 11.5 Å². The number of aromatic amines is 1. The van der Waals surface area contributed by atoms with Crippen LogP contribution >= 0.6 is 0 Å². The number of carbonyl (C=O) groups is 1. The standard InChI is InChI=1S/C20H20N4O2/c1-14-8-17(11-21-10-14)24(12-19-22-6-7-23-19)20(25)16-9-15-4-2-3-5-18(15)26-13-16/h2-8,10-11,16H,9,12-13H2,1H3,(H,22,23). The van der Waals surface area contributed by atoms with Crippen LogP contribution in [0.5, 0.6) is 5.75 Å². The second kappa shape index (κ2) is 7.00. The Hall–Kier alpha value is -3.15. The third-order valence-electron chi connectivity index (χ3n) is 4.53. The maximum atomic E-state index is 13.3. The fourth-order valence-corrected chi connectivity index (χ4v) is 3.22. The summed E-state index contributed by atoms with van der Waals surface area (Å²) in [5.41, 5.74) is 2.84. The molecular weight excluding hydrogens is 328 g/mol. The lowest BCUT2D eigenvalue weighted by molar-refractivity contribution is -0.123. The lowest BCUT2D eigenvalue weighted by Gasteiger charge is -2.30. The monoisotopic (exact) mass is 348 g/mol. The number of amides is 1. The van der Waals surface area contributed by atoms with Crippen molar-refractivity contribution in [2.24, 2.45) is 5.92 Å². The van der Waals surface area contributed by atoms with Gasteiger partial charge in [0.25, 0.3) is 0 Å². The Labute approximate surface area is 151 Å². The van der Waals surface area contributed by atoms with E-state index in [1.807, 2.05) is 37.3 Å². The van der Waals surface area contributed by atoms with E-state index in [4.69, 9.17) is 4.74 Å². The number of hydrogen-bond acceptors (Lipinski definition) is 4. The first kappa shape index (κ1) is 16.3. The van der Waals surface area contributed by atoms with E-state index in [0.29, 0.717) is 19.6 Å². The van der Waals surface area contributed by atoms with Crippen molar-refractivity contribution in [3.05, 3.63) is 72.1 Å². The third kappa shape index (κ3) is 3.31. The summed E-state index contributed by atoms with van der Waals surface area (Å²) in [5.74, 6) is 1.38. The number of H-pyrrole nitrogens is 1. The van der Waals surface area contributed by atoms with Crippen LogP contribution in [0.2, 0.25) is 0 Å². The minimum absolute atomic E-state index is 0.0169. The van der Waals surface area contributed by atoms with Crippen molar-refractivity contribution >= 4 is 11.6 Å². The zero-order valence-electron chi connectivity index (χ0n) is 14.6. The van der Waals surface area contributed by atoms with E-state index in [9.17, 15) is 4.79 Å². The number of aromatic nitrogens is 3. The second-order valence-electron chi connectivity index (χ2n) is 6.50. The highest BCUT2D eigenvalue weighted by molar-refractivity contribution is 5.95. The Kier molecular flexibility index (Phi) is 4.39. The maximum absolute atomic E-state index is 13.3. The highest BCUT2D eigenvalue weighted by atomic mass is 16.5. The summed E-state index contributed by atoms with van der Waals surface area (Å²) in [7, 11) is 0. The van der Waals surface area contributed by atoms with Crippen molar-refractivity contribution in [3.63, 3.8) is 0 Å². The van der Waals surface area contributed by atoms with Gasteiger partial charge in [0, 0.05) is 18.6 Å². The smallest absolute Gasteiger partial charge is 0.234 e. The Morgan fingerprint density at radius 3 is 3.04 bits per heavy atom. The Bertz CT molecular complexity index is 908. The molecule has 0 aliphatic carbocycles. The molecule has 1 aliphatic heterocycles. The van der Waals surface area contributed by atoms with E-state index in [0.717, 1.165) is 28.4 Å². The molecular formula is C20H20N4O2. The SMILES string of the molecule is Cc1cncc(N(Cc2ncc[nH]2)C(=O)C2COc3ccccc3C2)c1. The van der Waals surface area contributed by atoms with Crippen LogP contribution in [0.1, 0.15) is 17.0 Å². The van der Waals surface area contributed by atoms with Gasteiger partial charge in [-0.3, -0.25) is 9.78 Å². The highest BCUT2D eigenvalue weighted by Gasteiger charge is 2.31. The Morgan fingerprint density at radius 2 is 2.23 bits per heavy atom. The van der Waals surface area contributed by atoms with Crippen molar-refractivity contribution < 1.29 is 9.53 Å². The number of hydrogen-bond donors (Lipinski definition) is 1. The molecule has 1 aromatic carbocycles. The number of rotatable bonds is 4. The summed E-state index contributed by atoms with van der Waals surface area (Å²) >= 11 is 0. The molecule has 3 heterocycles.